The standard InChI is InChI=1S/C9H7NOS/c12-8-6-10-9(11-8)7-4-2-1-3-5-7/h1-5H,6H2. The van der Waals surface area contributed by atoms with Crippen LogP contribution in [-0.2, 0) is 4.74 Å². The zero-order chi connectivity index (χ0) is 8.39. The second kappa shape index (κ2) is 3.03. The van der Waals surface area contributed by atoms with Crippen molar-refractivity contribution in [3.8, 4) is 0 Å². The van der Waals surface area contributed by atoms with Crippen molar-refractivity contribution < 1.29 is 4.74 Å². The summed E-state index contributed by atoms with van der Waals surface area (Å²) in [4.78, 5) is 4.14. The molecule has 1 aliphatic rings. The molecule has 0 amide bonds. The van der Waals surface area contributed by atoms with E-state index in [1.165, 1.54) is 0 Å². The Labute approximate surface area is 75.9 Å². The Balaban J connectivity index is 2.28. The lowest BCUT2D eigenvalue weighted by molar-refractivity contribution is 0.577. The molecular weight excluding hydrogens is 170 g/mol. The highest BCUT2D eigenvalue weighted by Gasteiger charge is 2.13. The molecule has 12 heavy (non-hydrogen) atoms. The number of hydrogen-bond donors (Lipinski definition) is 0. The summed E-state index contributed by atoms with van der Waals surface area (Å²) >= 11 is 4.86. The van der Waals surface area contributed by atoms with Crippen molar-refractivity contribution in [1.82, 2.24) is 0 Å². The summed E-state index contributed by atoms with van der Waals surface area (Å²) < 4.78 is 5.23. The summed E-state index contributed by atoms with van der Waals surface area (Å²) in [6.45, 7) is 0.513. The van der Waals surface area contributed by atoms with Gasteiger partial charge in [-0.05, 0) is 24.4 Å². The largest absolute Gasteiger partial charge is 0.430 e. The molecule has 1 aromatic carbocycles. The number of thiocarbonyl (C=S) groups is 1. The molecule has 1 aliphatic heterocycles. The highest BCUT2D eigenvalue weighted by atomic mass is 32.1. The molecule has 0 unspecified atom stereocenters. The van der Waals surface area contributed by atoms with Gasteiger partial charge in [0.25, 0.3) is 0 Å². The summed E-state index contributed by atoms with van der Waals surface area (Å²) in [5.41, 5.74) is 0.984. The molecular formula is C9H7NOS. The van der Waals surface area contributed by atoms with Crippen LogP contribution in [0.3, 0.4) is 0 Å². The lowest BCUT2D eigenvalue weighted by atomic mass is 10.2. The van der Waals surface area contributed by atoms with Crippen molar-refractivity contribution >= 4 is 23.2 Å². The van der Waals surface area contributed by atoms with E-state index < -0.39 is 0 Å². The van der Waals surface area contributed by atoms with Crippen LogP contribution >= 0.6 is 12.2 Å². The molecule has 0 saturated carbocycles. The van der Waals surface area contributed by atoms with E-state index >= 15 is 0 Å². The zero-order valence-corrected chi connectivity index (χ0v) is 7.17. The molecule has 2 nitrogen and oxygen atoms in total. The van der Waals surface area contributed by atoms with Gasteiger partial charge >= 0.3 is 0 Å². The first kappa shape index (κ1) is 7.43. The van der Waals surface area contributed by atoms with Gasteiger partial charge in [-0.3, -0.25) is 0 Å². The van der Waals surface area contributed by atoms with Crippen LogP contribution in [0.15, 0.2) is 35.3 Å². The van der Waals surface area contributed by atoms with Gasteiger partial charge in [-0.25, -0.2) is 4.99 Å². The fourth-order valence-electron chi connectivity index (χ4n) is 1.04. The van der Waals surface area contributed by atoms with Crippen LogP contribution in [0.5, 0.6) is 0 Å². The first-order valence-electron chi connectivity index (χ1n) is 3.67. The maximum atomic E-state index is 5.23. The third kappa shape index (κ3) is 1.36. The zero-order valence-electron chi connectivity index (χ0n) is 6.36. The van der Waals surface area contributed by atoms with E-state index in [0.29, 0.717) is 17.5 Å². The van der Waals surface area contributed by atoms with Crippen LogP contribution in [0.4, 0.5) is 0 Å². The Kier molecular flexibility index (Phi) is 1.87. The number of ether oxygens (including phenoxy) is 1. The van der Waals surface area contributed by atoms with Gasteiger partial charge in [0.1, 0.15) is 6.54 Å². The summed E-state index contributed by atoms with van der Waals surface area (Å²) in [5, 5.41) is 0.550. The fourth-order valence-corrected chi connectivity index (χ4v) is 1.18. The number of rotatable bonds is 1. The molecule has 1 aromatic rings. The highest BCUT2D eigenvalue weighted by molar-refractivity contribution is 7.80. The van der Waals surface area contributed by atoms with Gasteiger partial charge in [-0.15, -0.1) is 0 Å². The van der Waals surface area contributed by atoms with Gasteiger partial charge in [-0.2, -0.15) is 0 Å². The molecule has 0 aliphatic carbocycles. The molecule has 0 N–H and O–H groups in total. The minimum Gasteiger partial charge on any atom is -0.430 e. The van der Waals surface area contributed by atoms with Crippen molar-refractivity contribution in [3.05, 3.63) is 35.9 Å². The maximum Gasteiger partial charge on any atom is 0.223 e. The van der Waals surface area contributed by atoms with Crippen LogP contribution in [0.1, 0.15) is 5.56 Å². The number of aliphatic imine (C=N–C) groups is 1. The smallest absolute Gasteiger partial charge is 0.223 e. The number of benzene rings is 1. The highest BCUT2D eigenvalue weighted by Crippen LogP contribution is 2.08. The lowest BCUT2D eigenvalue weighted by Gasteiger charge is -1.98. The Bertz CT molecular complexity index is 332. The topological polar surface area (TPSA) is 21.6 Å². The van der Waals surface area contributed by atoms with Gasteiger partial charge in [-0.1, -0.05) is 18.2 Å². The number of hydrogen-bond acceptors (Lipinski definition) is 3. The quantitative estimate of drug-likeness (QED) is 0.610. The van der Waals surface area contributed by atoms with E-state index in [-0.39, 0.29) is 0 Å². The normalized spacial score (nSPS) is 15.7. The van der Waals surface area contributed by atoms with E-state index in [0.717, 1.165) is 5.56 Å². The Morgan fingerprint density at radius 2 is 2.00 bits per heavy atom. The first-order chi connectivity index (χ1) is 5.86. The minimum absolute atomic E-state index is 0.513. The average molecular weight is 177 g/mol. The van der Waals surface area contributed by atoms with Gasteiger partial charge < -0.3 is 4.74 Å². The molecule has 1 heterocycles. The molecule has 0 aromatic heterocycles. The van der Waals surface area contributed by atoms with Crippen LogP contribution in [0.2, 0.25) is 0 Å². The van der Waals surface area contributed by atoms with Crippen LogP contribution in [0, 0.1) is 0 Å². The Morgan fingerprint density at radius 3 is 2.58 bits per heavy atom. The van der Waals surface area contributed by atoms with E-state index in [9.17, 15) is 0 Å². The van der Waals surface area contributed by atoms with Crippen LogP contribution in [0.25, 0.3) is 0 Å². The van der Waals surface area contributed by atoms with Crippen molar-refractivity contribution in [1.29, 1.82) is 0 Å². The Morgan fingerprint density at radius 1 is 1.25 bits per heavy atom. The van der Waals surface area contributed by atoms with Gasteiger partial charge in [0.05, 0.1) is 0 Å². The molecule has 60 valence electrons. The Hall–Kier alpha value is -1.22. The average Bonchev–Trinajstić information content (AvgIpc) is 2.54. The summed E-state index contributed by atoms with van der Waals surface area (Å²) in [5.74, 6) is 0.639. The SMILES string of the molecule is S=C1CN=C(c2ccccc2)O1. The van der Waals surface area contributed by atoms with Crippen molar-refractivity contribution in [2.45, 2.75) is 0 Å². The molecule has 3 heteroatoms. The van der Waals surface area contributed by atoms with Gasteiger partial charge in [0.2, 0.25) is 5.90 Å². The molecule has 2 rings (SSSR count). The van der Waals surface area contributed by atoms with E-state index in [4.69, 9.17) is 17.0 Å². The van der Waals surface area contributed by atoms with Crippen molar-refractivity contribution in [2.75, 3.05) is 6.54 Å². The van der Waals surface area contributed by atoms with E-state index in [1.807, 2.05) is 30.3 Å². The molecule has 0 saturated heterocycles. The van der Waals surface area contributed by atoms with Crippen molar-refractivity contribution in [2.24, 2.45) is 4.99 Å². The molecule has 0 radical (unpaired) electrons. The second-order valence-electron chi connectivity index (χ2n) is 2.46. The predicted molar refractivity (Wildman–Crippen MR) is 51.5 cm³/mol. The lowest BCUT2D eigenvalue weighted by Crippen LogP contribution is -2.03. The predicted octanol–water partition coefficient (Wildman–Crippen LogP) is 1.79. The summed E-state index contributed by atoms with van der Waals surface area (Å²) in [6, 6.07) is 9.75. The van der Waals surface area contributed by atoms with Crippen molar-refractivity contribution in [3.63, 3.8) is 0 Å². The fraction of sp³-hybridized carbons (Fsp3) is 0.111. The second-order valence-corrected chi connectivity index (χ2v) is 2.92. The van der Waals surface area contributed by atoms with E-state index in [1.54, 1.807) is 0 Å². The molecule has 0 atom stereocenters. The third-order valence-electron chi connectivity index (χ3n) is 1.58. The van der Waals surface area contributed by atoms with Gasteiger partial charge in [0.15, 0.2) is 5.05 Å². The minimum atomic E-state index is 0.513. The molecule has 0 bridgehead atoms. The number of nitrogens with zero attached hydrogens (tertiary/aromatic N) is 1. The first-order valence-corrected chi connectivity index (χ1v) is 4.07. The monoisotopic (exact) mass is 177 g/mol. The van der Waals surface area contributed by atoms with Gasteiger partial charge in [0, 0.05) is 5.56 Å². The van der Waals surface area contributed by atoms with Crippen LogP contribution < -0.4 is 0 Å². The third-order valence-corrected chi connectivity index (χ3v) is 1.80. The van der Waals surface area contributed by atoms with Crippen LogP contribution in [-0.4, -0.2) is 17.5 Å². The maximum absolute atomic E-state index is 5.23. The molecule has 0 spiro atoms. The molecule has 0 fully saturated rings. The summed E-state index contributed by atoms with van der Waals surface area (Å²) in [7, 11) is 0. The summed E-state index contributed by atoms with van der Waals surface area (Å²) in [6.07, 6.45) is 0. The van der Waals surface area contributed by atoms with E-state index in [2.05, 4.69) is 4.99 Å².